The first-order valence-corrected chi connectivity index (χ1v) is 9.01. The highest BCUT2D eigenvalue weighted by molar-refractivity contribution is 5.78. The second-order valence-electron chi connectivity index (χ2n) is 7.66. The van der Waals surface area contributed by atoms with Gasteiger partial charge < -0.3 is 15.4 Å². The van der Waals surface area contributed by atoms with Gasteiger partial charge in [-0.1, -0.05) is 50.2 Å². The summed E-state index contributed by atoms with van der Waals surface area (Å²) >= 11 is 0. The number of carbonyl (C=O) groups excluding carboxylic acids is 1. The maximum Gasteiger partial charge on any atom is 0.226 e. The third kappa shape index (κ3) is 5.88. The van der Waals surface area contributed by atoms with Gasteiger partial charge in [-0.3, -0.25) is 4.79 Å². The lowest BCUT2D eigenvalue weighted by atomic mass is 9.93. The molecule has 0 bridgehead atoms. The van der Waals surface area contributed by atoms with Crippen LogP contribution in [0, 0.1) is 12.3 Å². The van der Waals surface area contributed by atoms with Crippen LogP contribution in [0.4, 0.5) is 0 Å². The highest BCUT2D eigenvalue weighted by Crippen LogP contribution is 2.18. The molecular formula is C22H30N2O2. The van der Waals surface area contributed by atoms with Gasteiger partial charge in [-0.15, -0.1) is 0 Å². The average molecular weight is 354 g/mol. The standard InChI is InChI=1S/C22H30N2O2/c1-17-8-5-6-10-19(17)14-26-20-11-7-9-18(12-20)13-21(25)24(4)16-22(2,3)15-23/h5-12H,13-16,23H2,1-4H3. The third-order valence-electron chi connectivity index (χ3n) is 4.55. The van der Waals surface area contributed by atoms with Crippen molar-refractivity contribution in [2.45, 2.75) is 33.8 Å². The predicted octanol–water partition coefficient (Wildman–Crippen LogP) is 3.56. The molecule has 26 heavy (non-hydrogen) atoms. The van der Waals surface area contributed by atoms with Crippen LogP contribution < -0.4 is 10.5 Å². The molecule has 0 saturated heterocycles. The van der Waals surface area contributed by atoms with Crippen molar-refractivity contribution in [1.82, 2.24) is 4.90 Å². The van der Waals surface area contributed by atoms with E-state index in [0.29, 0.717) is 26.1 Å². The molecule has 0 aliphatic carbocycles. The molecule has 2 aromatic carbocycles. The first-order valence-electron chi connectivity index (χ1n) is 9.01. The Labute approximate surface area is 157 Å². The van der Waals surface area contributed by atoms with Crippen LogP contribution in [0.2, 0.25) is 0 Å². The predicted molar refractivity (Wildman–Crippen MR) is 106 cm³/mol. The van der Waals surface area contributed by atoms with E-state index in [4.69, 9.17) is 10.5 Å². The number of hydrogen-bond acceptors (Lipinski definition) is 3. The molecule has 0 aliphatic rings. The lowest BCUT2D eigenvalue weighted by Crippen LogP contribution is -2.40. The Morgan fingerprint density at radius 3 is 2.58 bits per heavy atom. The third-order valence-corrected chi connectivity index (χ3v) is 4.55. The summed E-state index contributed by atoms with van der Waals surface area (Å²) in [6, 6.07) is 15.9. The average Bonchev–Trinajstić information content (AvgIpc) is 2.61. The van der Waals surface area contributed by atoms with Crippen molar-refractivity contribution in [2.75, 3.05) is 20.1 Å². The van der Waals surface area contributed by atoms with E-state index in [1.54, 1.807) is 4.90 Å². The van der Waals surface area contributed by atoms with E-state index >= 15 is 0 Å². The molecule has 2 rings (SSSR count). The van der Waals surface area contributed by atoms with Crippen molar-refractivity contribution >= 4 is 5.91 Å². The summed E-state index contributed by atoms with van der Waals surface area (Å²) in [6.07, 6.45) is 0.360. The fourth-order valence-corrected chi connectivity index (χ4v) is 2.78. The molecule has 2 N–H and O–H groups in total. The molecule has 0 fully saturated rings. The number of likely N-dealkylation sites (N-methyl/N-ethyl adjacent to an activating group) is 1. The van der Waals surface area contributed by atoms with Crippen molar-refractivity contribution in [3.8, 4) is 5.75 Å². The fraction of sp³-hybridized carbons (Fsp3) is 0.409. The molecule has 4 nitrogen and oxygen atoms in total. The quantitative estimate of drug-likeness (QED) is 0.788. The van der Waals surface area contributed by atoms with Gasteiger partial charge in [-0.05, 0) is 47.7 Å². The summed E-state index contributed by atoms with van der Waals surface area (Å²) in [6.45, 7) is 7.92. The van der Waals surface area contributed by atoms with Crippen LogP contribution in [0.15, 0.2) is 48.5 Å². The van der Waals surface area contributed by atoms with Crippen molar-refractivity contribution in [3.63, 3.8) is 0 Å². The zero-order chi connectivity index (χ0) is 19.2. The largest absolute Gasteiger partial charge is 0.489 e. The van der Waals surface area contributed by atoms with Crippen LogP contribution in [0.3, 0.4) is 0 Å². The normalized spacial score (nSPS) is 11.3. The Bertz CT molecular complexity index is 740. The van der Waals surface area contributed by atoms with Gasteiger partial charge in [0, 0.05) is 13.6 Å². The maximum atomic E-state index is 12.5. The van der Waals surface area contributed by atoms with E-state index in [0.717, 1.165) is 16.9 Å². The van der Waals surface area contributed by atoms with Gasteiger partial charge >= 0.3 is 0 Å². The zero-order valence-electron chi connectivity index (χ0n) is 16.3. The minimum absolute atomic E-state index is 0.0804. The van der Waals surface area contributed by atoms with E-state index in [2.05, 4.69) is 32.9 Å². The SMILES string of the molecule is Cc1ccccc1COc1cccc(CC(=O)N(C)CC(C)(C)CN)c1. The number of aryl methyl sites for hydroxylation is 1. The van der Waals surface area contributed by atoms with E-state index in [1.807, 2.05) is 43.4 Å². The van der Waals surface area contributed by atoms with E-state index in [-0.39, 0.29) is 11.3 Å². The second-order valence-corrected chi connectivity index (χ2v) is 7.66. The number of carbonyl (C=O) groups is 1. The van der Waals surface area contributed by atoms with Crippen molar-refractivity contribution in [2.24, 2.45) is 11.1 Å². The smallest absolute Gasteiger partial charge is 0.226 e. The Balaban J connectivity index is 1.96. The Morgan fingerprint density at radius 1 is 1.15 bits per heavy atom. The lowest BCUT2D eigenvalue weighted by Gasteiger charge is -2.29. The summed E-state index contributed by atoms with van der Waals surface area (Å²) in [5.41, 5.74) is 9.01. The number of nitrogens with zero attached hydrogens (tertiary/aromatic N) is 1. The summed E-state index contributed by atoms with van der Waals surface area (Å²) in [4.78, 5) is 14.2. The van der Waals surface area contributed by atoms with Crippen LogP contribution in [-0.2, 0) is 17.8 Å². The summed E-state index contributed by atoms with van der Waals surface area (Å²) in [5, 5.41) is 0. The molecule has 0 spiro atoms. The van der Waals surface area contributed by atoms with Gasteiger partial charge in [0.25, 0.3) is 0 Å². The molecule has 0 atom stereocenters. The van der Waals surface area contributed by atoms with Gasteiger partial charge in [-0.2, -0.15) is 0 Å². The highest BCUT2D eigenvalue weighted by atomic mass is 16.5. The van der Waals surface area contributed by atoms with Crippen molar-refractivity contribution < 1.29 is 9.53 Å². The van der Waals surface area contributed by atoms with Gasteiger partial charge in [0.1, 0.15) is 12.4 Å². The molecule has 4 heteroatoms. The minimum Gasteiger partial charge on any atom is -0.489 e. The van der Waals surface area contributed by atoms with Crippen LogP contribution in [0.25, 0.3) is 0 Å². The first kappa shape index (κ1) is 20.0. The van der Waals surface area contributed by atoms with Gasteiger partial charge in [0.2, 0.25) is 5.91 Å². The number of nitrogens with two attached hydrogens (primary N) is 1. The molecule has 2 aromatic rings. The van der Waals surface area contributed by atoms with Gasteiger partial charge in [0.15, 0.2) is 0 Å². The summed E-state index contributed by atoms with van der Waals surface area (Å²) in [5.74, 6) is 0.867. The molecule has 1 amide bonds. The number of benzene rings is 2. The van der Waals surface area contributed by atoms with Crippen LogP contribution in [-0.4, -0.2) is 30.9 Å². The number of rotatable bonds is 8. The minimum atomic E-state index is -0.0804. The highest BCUT2D eigenvalue weighted by Gasteiger charge is 2.21. The number of hydrogen-bond donors (Lipinski definition) is 1. The van der Waals surface area contributed by atoms with E-state index < -0.39 is 0 Å². The maximum absolute atomic E-state index is 12.5. The van der Waals surface area contributed by atoms with E-state index in [1.165, 1.54) is 5.56 Å². The Morgan fingerprint density at radius 2 is 1.88 bits per heavy atom. The number of amides is 1. The monoisotopic (exact) mass is 354 g/mol. The van der Waals surface area contributed by atoms with Crippen molar-refractivity contribution in [3.05, 3.63) is 65.2 Å². The summed E-state index contributed by atoms with van der Waals surface area (Å²) in [7, 11) is 1.83. The van der Waals surface area contributed by atoms with Crippen LogP contribution in [0.1, 0.15) is 30.5 Å². The molecular weight excluding hydrogens is 324 g/mol. The molecule has 0 aliphatic heterocycles. The lowest BCUT2D eigenvalue weighted by molar-refractivity contribution is -0.130. The van der Waals surface area contributed by atoms with Crippen LogP contribution in [0.5, 0.6) is 5.75 Å². The molecule has 0 unspecified atom stereocenters. The van der Waals surface area contributed by atoms with Gasteiger partial charge in [0.05, 0.1) is 6.42 Å². The summed E-state index contributed by atoms with van der Waals surface area (Å²) < 4.78 is 5.91. The molecule has 0 saturated carbocycles. The fourth-order valence-electron chi connectivity index (χ4n) is 2.78. The molecule has 140 valence electrons. The molecule has 0 radical (unpaired) electrons. The topological polar surface area (TPSA) is 55.6 Å². The number of ether oxygens (including phenoxy) is 1. The molecule has 0 aromatic heterocycles. The molecule has 0 heterocycles. The van der Waals surface area contributed by atoms with E-state index in [9.17, 15) is 4.79 Å². The van der Waals surface area contributed by atoms with Gasteiger partial charge in [-0.25, -0.2) is 0 Å². The first-order chi connectivity index (χ1) is 12.3. The second kappa shape index (κ2) is 8.86. The Kier molecular flexibility index (Phi) is 6.81. The Hall–Kier alpha value is -2.33. The zero-order valence-corrected chi connectivity index (χ0v) is 16.3. The van der Waals surface area contributed by atoms with Crippen molar-refractivity contribution in [1.29, 1.82) is 0 Å². The van der Waals surface area contributed by atoms with Crippen LogP contribution >= 0.6 is 0 Å².